The van der Waals surface area contributed by atoms with Crippen LogP contribution in [0, 0.1) is 0 Å². The Morgan fingerprint density at radius 3 is 2.79 bits per heavy atom. The van der Waals surface area contributed by atoms with Gasteiger partial charge in [-0.3, -0.25) is 4.79 Å². The second kappa shape index (κ2) is 6.66. The fourth-order valence-electron chi connectivity index (χ4n) is 3.11. The molecule has 1 amide bonds. The van der Waals surface area contributed by atoms with Crippen LogP contribution in [0.1, 0.15) is 10.4 Å². The van der Waals surface area contributed by atoms with Crippen molar-refractivity contribution >= 4 is 22.5 Å². The molecule has 138 valence electrons. The summed E-state index contributed by atoms with van der Waals surface area (Å²) in [5, 5.41) is 3.93. The van der Waals surface area contributed by atoms with Crippen molar-refractivity contribution in [2.45, 2.75) is 0 Å². The van der Waals surface area contributed by atoms with E-state index in [1.54, 1.807) is 36.4 Å². The molecule has 2 N–H and O–H groups in total. The standard InChI is InChI=1S/C22H16N2O4/c25-22(24-16-4-7-20-21(12-16)27-13-26-20)15-2-1-3-17(11-15)28-18-5-6-19-14(10-18)8-9-23-19/h1-12,23H,13H2,(H,24,25). The topological polar surface area (TPSA) is 72.6 Å². The number of carbonyl (C=O) groups excluding carboxylic acids is 1. The maximum absolute atomic E-state index is 12.6. The summed E-state index contributed by atoms with van der Waals surface area (Å²) >= 11 is 0. The maximum Gasteiger partial charge on any atom is 0.255 e. The third-order valence-corrected chi connectivity index (χ3v) is 4.49. The van der Waals surface area contributed by atoms with E-state index in [1.165, 1.54) is 0 Å². The maximum atomic E-state index is 12.6. The first-order valence-corrected chi connectivity index (χ1v) is 8.81. The molecule has 4 aromatic rings. The molecule has 0 atom stereocenters. The van der Waals surface area contributed by atoms with E-state index >= 15 is 0 Å². The summed E-state index contributed by atoms with van der Waals surface area (Å²) in [5.41, 5.74) is 2.18. The van der Waals surface area contributed by atoms with Gasteiger partial charge in [-0.05, 0) is 54.6 Å². The number of hydrogen-bond acceptors (Lipinski definition) is 4. The molecule has 3 aromatic carbocycles. The zero-order chi connectivity index (χ0) is 18.9. The predicted molar refractivity (Wildman–Crippen MR) is 105 cm³/mol. The summed E-state index contributed by atoms with van der Waals surface area (Å²) in [4.78, 5) is 15.8. The van der Waals surface area contributed by atoms with Crippen molar-refractivity contribution in [1.82, 2.24) is 4.98 Å². The molecule has 1 aliphatic rings. The smallest absolute Gasteiger partial charge is 0.255 e. The third kappa shape index (κ3) is 3.12. The van der Waals surface area contributed by atoms with Crippen LogP contribution in [-0.4, -0.2) is 17.7 Å². The van der Waals surface area contributed by atoms with Crippen LogP contribution in [0.3, 0.4) is 0 Å². The number of benzene rings is 3. The van der Waals surface area contributed by atoms with Gasteiger partial charge in [0, 0.05) is 34.4 Å². The van der Waals surface area contributed by atoms with Crippen LogP contribution < -0.4 is 19.5 Å². The van der Waals surface area contributed by atoms with Crippen molar-refractivity contribution in [1.29, 1.82) is 0 Å². The zero-order valence-corrected chi connectivity index (χ0v) is 14.8. The van der Waals surface area contributed by atoms with Crippen molar-refractivity contribution in [2.75, 3.05) is 12.1 Å². The van der Waals surface area contributed by atoms with Crippen molar-refractivity contribution in [3.05, 3.63) is 78.5 Å². The van der Waals surface area contributed by atoms with Crippen molar-refractivity contribution in [2.24, 2.45) is 0 Å². The van der Waals surface area contributed by atoms with E-state index in [4.69, 9.17) is 14.2 Å². The molecule has 0 spiro atoms. The molecule has 1 aliphatic heterocycles. The molecule has 28 heavy (non-hydrogen) atoms. The molecule has 0 saturated carbocycles. The van der Waals surface area contributed by atoms with Gasteiger partial charge in [0.1, 0.15) is 11.5 Å². The molecular weight excluding hydrogens is 356 g/mol. The number of rotatable bonds is 4. The SMILES string of the molecule is O=C(Nc1ccc2c(c1)OCO2)c1cccc(Oc2ccc3[nH]ccc3c2)c1. The lowest BCUT2D eigenvalue weighted by molar-refractivity contribution is 0.102. The van der Waals surface area contributed by atoms with Gasteiger partial charge in [-0.1, -0.05) is 6.07 Å². The molecule has 0 aliphatic carbocycles. The molecule has 0 saturated heterocycles. The first-order chi connectivity index (χ1) is 13.7. The fourth-order valence-corrected chi connectivity index (χ4v) is 3.11. The number of amides is 1. The van der Waals surface area contributed by atoms with Gasteiger partial charge in [-0.2, -0.15) is 0 Å². The summed E-state index contributed by atoms with van der Waals surface area (Å²) in [5.74, 6) is 2.36. The van der Waals surface area contributed by atoms with Gasteiger partial charge in [-0.25, -0.2) is 0 Å². The highest BCUT2D eigenvalue weighted by atomic mass is 16.7. The Labute approximate surface area is 160 Å². The Balaban J connectivity index is 1.33. The molecule has 6 nitrogen and oxygen atoms in total. The number of aromatic amines is 1. The van der Waals surface area contributed by atoms with Gasteiger partial charge in [0.25, 0.3) is 5.91 Å². The van der Waals surface area contributed by atoms with Crippen LogP contribution in [0.4, 0.5) is 5.69 Å². The van der Waals surface area contributed by atoms with Gasteiger partial charge in [0.15, 0.2) is 11.5 Å². The van der Waals surface area contributed by atoms with Gasteiger partial charge in [-0.15, -0.1) is 0 Å². The van der Waals surface area contributed by atoms with E-state index in [9.17, 15) is 4.79 Å². The highest BCUT2D eigenvalue weighted by Crippen LogP contribution is 2.34. The number of aromatic nitrogens is 1. The van der Waals surface area contributed by atoms with E-state index in [1.807, 2.05) is 36.5 Å². The average molecular weight is 372 g/mol. The summed E-state index contributed by atoms with van der Waals surface area (Å²) in [7, 11) is 0. The lowest BCUT2D eigenvalue weighted by Gasteiger charge is -2.09. The minimum Gasteiger partial charge on any atom is -0.457 e. The summed E-state index contributed by atoms with van der Waals surface area (Å²) in [6, 6.07) is 20.1. The van der Waals surface area contributed by atoms with E-state index < -0.39 is 0 Å². The Kier molecular flexibility index (Phi) is 3.87. The van der Waals surface area contributed by atoms with Crippen molar-refractivity contribution in [3.63, 3.8) is 0 Å². The largest absolute Gasteiger partial charge is 0.457 e. The zero-order valence-electron chi connectivity index (χ0n) is 14.8. The Hall–Kier alpha value is -3.93. The van der Waals surface area contributed by atoms with Crippen LogP contribution in [-0.2, 0) is 0 Å². The number of nitrogens with one attached hydrogen (secondary N) is 2. The summed E-state index contributed by atoms with van der Waals surface area (Å²) in [6.45, 7) is 0.195. The minimum absolute atomic E-state index is 0.195. The first-order valence-electron chi connectivity index (χ1n) is 8.81. The van der Waals surface area contributed by atoms with E-state index in [2.05, 4.69) is 10.3 Å². The van der Waals surface area contributed by atoms with Crippen LogP contribution in [0.25, 0.3) is 10.9 Å². The molecule has 2 heterocycles. The van der Waals surface area contributed by atoms with Gasteiger partial charge < -0.3 is 24.5 Å². The molecule has 0 radical (unpaired) electrons. The second-order valence-electron chi connectivity index (χ2n) is 6.38. The van der Waals surface area contributed by atoms with Crippen molar-refractivity contribution in [3.8, 4) is 23.0 Å². The highest BCUT2D eigenvalue weighted by Gasteiger charge is 2.15. The molecular formula is C22H16N2O4. The lowest BCUT2D eigenvalue weighted by atomic mass is 10.2. The molecule has 6 heteroatoms. The van der Waals surface area contributed by atoms with E-state index in [-0.39, 0.29) is 12.7 Å². The van der Waals surface area contributed by atoms with Gasteiger partial charge in [0.2, 0.25) is 6.79 Å². The van der Waals surface area contributed by atoms with Crippen LogP contribution in [0.15, 0.2) is 72.9 Å². The van der Waals surface area contributed by atoms with E-state index in [0.717, 1.165) is 10.9 Å². The first kappa shape index (κ1) is 16.3. The molecule has 0 unspecified atom stereocenters. The summed E-state index contributed by atoms with van der Waals surface area (Å²) in [6.07, 6.45) is 1.88. The Bertz CT molecular complexity index is 1180. The van der Waals surface area contributed by atoms with E-state index in [0.29, 0.717) is 34.2 Å². The minimum atomic E-state index is -0.231. The number of ether oxygens (including phenoxy) is 3. The number of H-pyrrole nitrogens is 1. The Morgan fingerprint density at radius 1 is 0.929 bits per heavy atom. The third-order valence-electron chi connectivity index (χ3n) is 4.49. The quantitative estimate of drug-likeness (QED) is 0.532. The molecule has 0 fully saturated rings. The van der Waals surface area contributed by atoms with Gasteiger partial charge in [0.05, 0.1) is 0 Å². The number of hydrogen-bond donors (Lipinski definition) is 2. The fraction of sp³-hybridized carbons (Fsp3) is 0.0455. The lowest BCUT2D eigenvalue weighted by Crippen LogP contribution is -2.11. The number of carbonyl (C=O) groups is 1. The highest BCUT2D eigenvalue weighted by molar-refractivity contribution is 6.04. The normalized spacial score (nSPS) is 12.1. The number of anilines is 1. The molecule has 0 bridgehead atoms. The summed E-state index contributed by atoms with van der Waals surface area (Å²) < 4.78 is 16.6. The predicted octanol–water partition coefficient (Wildman–Crippen LogP) is 4.94. The number of fused-ring (bicyclic) bond motifs is 2. The monoisotopic (exact) mass is 372 g/mol. The van der Waals surface area contributed by atoms with Crippen LogP contribution in [0.5, 0.6) is 23.0 Å². The van der Waals surface area contributed by atoms with Crippen LogP contribution in [0.2, 0.25) is 0 Å². The Morgan fingerprint density at radius 2 is 1.82 bits per heavy atom. The average Bonchev–Trinajstić information content (AvgIpc) is 3.36. The second-order valence-corrected chi connectivity index (χ2v) is 6.38. The molecule has 1 aromatic heterocycles. The van der Waals surface area contributed by atoms with Crippen molar-refractivity contribution < 1.29 is 19.0 Å². The van der Waals surface area contributed by atoms with Gasteiger partial charge >= 0.3 is 0 Å². The van der Waals surface area contributed by atoms with Crippen LogP contribution >= 0.6 is 0 Å². The molecule has 5 rings (SSSR count).